The van der Waals surface area contributed by atoms with Gasteiger partial charge in [-0.25, -0.2) is 4.79 Å². The van der Waals surface area contributed by atoms with E-state index in [-0.39, 0.29) is 12.0 Å². The molecule has 0 heterocycles. The molecule has 0 aromatic heterocycles. The zero-order chi connectivity index (χ0) is 17.6. The number of alkyl carbamates (subject to hydrolysis) is 1. The fourth-order valence-corrected chi connectivity index (χ4v) is 2.27. The molecule has 0 bridgehead atoms. The van der Waals surface area contributed by atoms with Gasteiger partial charge in [0, 0.05) is 13.1 Å². The Morgan fingerprint density at radius 1 is 1.26 bits per heavy atom. The maximum atomic E-state index is 11.8. The Hall–Kier alpha value is -1.42. The molecule has 0 saturated heterocycles. The highest BCUT2D eigenvalue weighted by Crippen LogP contribution is 2.23. The minimum atomic E-state index is -0.481. The van der Waals surface area contributed by atoms with Crippen molar-refractivity contribution < 1.29 is 9.53 Å². The summed E-state index contributed by atoms with van der Waals surface area (Å²) in [4.78, 5) is 11.8. The molecule has 5 heteroatoms. The predicted octanol–water partition coefficient (Wildman–Crippen LogP) is 4.86. The Bertz CT molecular complexity index is 524. The molecular weight excluding hydrogens is 312 g/mol. The van der Waals surface area contributed by atoms with E-state index in [0.717, 1.165) is 17.8 Å². The first-order chi connectivity index (χ1) is 10.6. The molecule has 0 saturated carbocycles. The topological polar surface area (TPSA) is 50.4 Å². The Labute approximate surface area is 144 Å². The van der Waals surface area contributed by atoms with Gasteiger partial charge in [0.05, 0.1) is 10.7 Å². The minimum Gasteiger partial charge on any atom is -0.444 e. The molecular formula is C18H29ClN2O2. The van der Waals surface area contributed by atoms with Crippen molar-refractivity contribution in [2.45, 2.75) is 47.1 Å². The van der Waals surface area contributed by atoms with Gasteiger partial charge in [0.2, 0.25) is 0 Å². The number of carbonyl (C=O) groups excluding carboxylic acids is 1. The molecule has 23 heavy (non-hydrogen) atoms. The monoisotopic (exact) mass is 340 g/mol. The van der Waals surface area contributed by atoms with Gasteiger partial charge >= 0.3 is 6.09 Å². The molecule has 130 valence electrons. The van der Waals surface area contributed by atoms with Gasteiger partial charge in [-0.1, -0.05) is 31.5 Å². The highest BCUT2D eigenvalue weighted by molar-refractivity contribution is 6.33. The Morgan fingerprint density at radius 2 is 1.91 bits per heavy atom. The van der Waals surface area contributed by atoms with Crippen molar-refractivity contribution in [1.82, 2.24) is 5.32 Å². The number of carbonyl (C=O) groups is 1. The highest BCUT2D eigenvalue weighted by atomic mass is 35.5. The molecule has 0 spiro atoms. The van der Waals surface area contributed by atoms with Gasteiger partial charge in [-0.05, 0) is 57.2 Å². The molecule has 1 amide bonds. The summed E-state index contributed by atoms with van der Waals surface area (Å²) < 4.78 is 5.27. The number of benzene rings is 1. The summed E-state index contributed by atoms with van der Waals surface area (Å²) in [7, 11) is 0. The molecule has 0 aliphatic carbocycles. The van der Waals surface area contributed by atoms with Crippen LogP contribution in [-0.4, -0.2) is 24.8 Å². The van der Waals surface area contributed by atoms with Crippen LogP contribution in [0.4, 0.5) is 10.5 Å². The second kappa shape index (κ2) is 8.44. The number of aryl methyl sites for hydroxylation is 1. The second-order valence-electron chi connectivity index (χ2n) is 7.25. The Balaban J connectivity index is 2.56. The van der Waals surface area contributed by atoms with Crippen molar-refractivity contribution in [3.63, 3.8) is 0 Å². The van der Waals surface area contributed by atoms with Crippen LogP contribution in [0.2, 0.25) is 5.02 Å². The lowest BCUT2D eigenvalue weighted by molar-refractivity contribution is 0.0516. The van der Waals surface area contributed by atoms with Gasteiger partial charge in [0.1, 0.15) is 5.60 Å². The fourth-order valence-electron chi connectivity index (χ4n) is 2.09. The largest absolute Gasteiger partial charge is 0.444 e. The van der Waals surface area contributed by atoms with E-state index in [1.807, 2.05) is 45.9 Å². The van der Waals surface area contributed by atoms with Crippen molar-refractivity contribution in [2.75, 3.05) is 18.4 Å². The highest BCUT2D eigenvalue weighted by Gasteiger charge is 2.19. The lowest BCUT2D eigenvalue weighted by Gasteiger charge is -2.24. The van der Waals surface area contributed by atoms with Crippen LogP contribution >= 0.6 is 11.6 Å². The number of rotatable bonds is 6. The molecule has 0 aliphatic rings. The second-order valence-corrected chi connectivity index (χ2v) is 7.66. The number of nitrogens with one attached hydrogen (secondary N) is 2. The third-order valence-corrected chi connectivity index (χ3v) is 3.86. The van der Waals surface area contributed by atoms with Gasteiger partial charge in [0.25, 0.3) is 0 Å². The van der Waals surface area contributed by atoms with Gasteiger partial charge in [-0.2, -0.15) is 0 Å². The van der Waals surface area contributed by atoms with Gasteiger partial charge < -0.3 is 15.4 Å². The molecule has 0 fully saturated rings. The lowest BCUT2D eigenvalue weighted by atomic mass is 9.95. The zero-order valence-electron chi connectivity index (χ0n) is 15.0. The van der Waals surface area contributed by atoms with Crippen LogP contribution in [0.1, 0.15) is 40.2 Å². The Morgan fingerprint density at radius 3 is 2.48 bits per heavy atom. The quantitative estimate of drug-likeness (QED) is 0.777. The normalized spacial score (nSPS) is 12.9. The minimum absolute atomic E-state index is 0.277. The maximum Gasteiger partial charge on any atom is 0.407 e. The van der Waals surface area contributed by atoms with E-state index in [9.17, 15) is 4.79 Å². The average Bonchev–Trinajstić information content (AvgIpc) is 2.40. The van der Waals surface area contributed by atoms with E-state index in [2.05, 4.69) is 24.5 Å². The van der Waals surface area contributed by atoms with E-state index in [4.69, 9.17) is 16.3 Å². The fraction of sp³-hybridized carbons (Fsp3) is 0.611. The SMILES string of the molecule is Cc1ccc(Cl)c(NCC(CNC(=O)OC(C)(C)C)C(C)C)c1. The smallest absolute Gasteiger partial charge is 0.407 e. The summed E-state index contributed by atoms with van der Waals surface area (Å²) in [6, 6.07) is 5.90. The first-order valence-corrected chi connectivity index (χ1v) is 8.43. The van der Waals surface area contributed by atoms with Crippen molar-refractivity contribution in [3.05, 3.63) is 28.8 Å². The van der Waals surface area contributed by atoms with Crippen LogP contribution in [0.25, 0.3) is 0 Å². The van der Waals surface area contributed by atoms with Crippen molar-refractivity contribution in [1.29, 1.82) is 0 Å². The predicted molar refractivity (Wildman–Crippen MR) is 97.2 cm³/mol. The lowest BCUT2D eigenvalue weighted by Crippen LogP contribution is -2.38. The van der Waals surface area contributed by atoms with Crippen molar-refractivity contribution >= 4 is 23.4 Å². The summed E-state index contributed by atoms with van der Waals surface area (Å²) in [5.41, 5.74) is 1.60. The molecule has 4 nitrogen and oxygen atoms in total. The first-order valence-electron chi connectivity index (χ1n) is 8.05. The standard InChI is InChI=1S/C18H29ClN2O2/c1-12(2)14(11-21-17(22)23-18(4,5)6)10-20-16-9-13(3)7-8-15(16)19/h7-9,12,14,20H,10-11H2,1-6H3,(H,21,22). The molecule has 1 aromatic rings. The van der Waals surface area contributed by atoms with Crippen LogP contribution < -0.4 is 10.6 Å². The van der Waals surface area contributed by atoms with Crippen LogP contribution in [0.5, 0.6) is 0 Å². The molecule has 2 N–H and O–H groups in total. The number of hydrogen-bond acceptors (Lipinski definition) is 3. The first kappa shape index (κ1) is 19.6. The Kier molecular flexibility index (Phi) is 7.20. The molecule has 0 radical (unpaired) electrons. The number of anilines is 1. The van der Waals surface area contributed by atoms with Crippen LogP contribution in [0, 0.1) is 18.8 Å². The molecule has 1 unspecified atom stereocenters. The molecule has 0 aliphatic heterocycles. The zero-order valence-corrected chi connectivity index (χ0v) is 15.8. The summed E-state index contributed by atoms with van der Waals surface area (Å²) in [5.74, 6) is 0.695. The van der Waals surface area contributed by atoms with Gasteiger partial charge in [-0.15, -0.1) is 0 Å². The number of amides is 1. The summed E-state index contributed by atoms with van der Waals surface area (Å²) in [6.45, 7) is 13.2. The molecule has 1 atom stereocenters. The van der Waals surface area contributed by atoms with Crippen molar-refractivity contribution in [3.8, 4) is 0 Å². The van der Waals surface area contributed by atoms with Crippen molar-refractivity contribution in [2.24, 2.45) is 11.8 Å². The van der Waals surface area contributed by atoms with Gasteiger partial charge in [-0.3, -0.25) is 0 Å². The summed E-state index contributed by atoms with van der Waals surface area (Å²) in [5, 5.41) is 6.94. The van der Waals surface area contributed by atoms with E-state index in [1.165, 1.54) is 0 Å². The third kappa shape index (κ3) is 7.60. The van der Waals surface area contributed by atoms with Gasteiger partial charge in [0.15, 0.2) is 0 Å². The average molecular weight is 341 g/mol. The van der Waals surface area contributed by atoms with E-state index >= 15 is 0 Å². The molecule has 1 aromatic carbocycles. The van der Waals surface area contributed by atoms with E-state index in [0.29, 0.717) is 17.5 Å². The molecule has 1 rings (SSSR count). The van der Waals surface area contributed by atoms with E-state index < -0.39 is 5.60 Å². The summed E-state index contributed by atoms with van der Waals surface area (Å²) in [6.07, 6.45) is -0.378. The number of ether oxygens (including phenoxy) is 1. The third-order valence-electron chi connectivity index (χ3n) is 3.53. The summed E-state index contributed by atoms with van der Waals surface area (Å²) >= 11 is 6.21. The van der Waals surface area contributed by atoms with Crippen LogP contribution in [0.15, 0.2) is 18.2 Å². The van der Waals surface area contributed by atoms with E-state index in [1.54, 1.807) is 0 Å². The van der Waals surface area contributed by atoms with Crippen LogP contribution in [0.3, 0.4) is 0 Å². The number of halogens is 1. The maximum absolute atomic E-state index is 11.8. The number of hydrogen-bond donors (Lipinski definition) is 2. The van der Waals surface area contributed by atoms with Crippen LogP contribution in [-0.2, 0) is 4.74 Å².